The molecule has 1 unspecified atom stereocenters. The summed E-state index contributed by atoms with van der Waals surface area (Å²) in [7, 11) is 0. The number of fused-ring (bicyclic) bond motifs is 1. The third kappa shape index (κ3) is 2.23. The fourth-order valence-electron chi connectivity index (χ4n) is 2.41. The van der Waals surface area contributed by atoms with Crippen molar-refractivity contribution in [1.82, 2.24) is 10.2 Å². The van der Waals surface area contributed by atoms with Crippen LogP contribution in [0.25, 0.3) is 10.9 Å². The first kappa shape index (κ1) is 12.2. The molecular weight excluding hydrogens is 262 g/mol. The van der Waals surface area contributed by atoms with Gasteiger partial charge in [-0.05, 0) is 12.1 Å². The lowest BCUT2D eigenvalue weighted by atomic mass is 10.2. The van der Waals surface area contributed by atoms with Crippen molar-refractivity contribution in [3.05, 3.63) is 24.4 Å². The molecule has 19 heavy (non-hydrogen) atoms. The van der Waals surface area contributed by atoms with E-state index in [0.717, 1.165) is 16.6 Å². The highest BCUT2D eigenvalue weighted by molar-refractivity contribution is 8.14. The predicted molar refractivity (Wildman–Crippen MR) is 75.1 cm³/mol. The van der Waals surface area contributed by atoms with Crippen LogP contribution in [0.2, 0.25) is 0 Å². The molecule has 98 valence electrons. The standard InChI is InChI=1S/C13H13N3O2S/c1-8(17)19-9-5-13(18)16(7-9)12-4-2-3-11-10(12)6-14-15-11/h2-4,6,9H,5,7H2,1H3,(H,14,15). The summed E-state index contributed by atoms with van der Waals surface area (Å²) in [5.41, 5.74) is 1.77. The maximum Gasteiger partial charge on any atom is 0.228 e. The van der Waals surface area contributed by atoms with Crippen LogP contribution in [0.3, 0.4) is 0 Å². The number of carbonyl (C=O) groups is 2. The number of amides is 1. The molecular formula is C13H13N3O2S. The predicted octanol–water partition coefficient (Wildman–Crippen LogP) is 1.95. The Morgan fingerprint density at radius 1 is 1.53 bits per heavy atom. The Labute approximate surface area is 114 Å². The molecule has 0 spiro atoms. The number of nitrogens with one attached hydrogen (secondary N) is 1. The number of carbonyl (C=O) groups excluding carboxylic acids is 2. The number of aromatic amines is 1. The summed E-state index contributed by atoms with van der Waals surface area (Å²) >= 11 is 1.25. The fourth-order valence-corrected chi connectivity index (χ4v) is 3.33. The first-order valence-electron chi connectivity index (χ1n) is 6.05. The van der Waals surface area contributed by atoms with E-state index in [1.165, 1.54) is 18.7 Å². The average molecular weight is 275 g/mol. The second-order valence-electron chi connectivity index (χ2n) is 4.55. The zero-order chi connectivity index (χ0) is 13.4. The Bertz CT molecular complexity index is 652. The maximum absolute atomic E-state index is 12.1. The number of aromatic nitrogens is 2. The molecule has 1 N–H and O–H groups in total. The van der Waals surface area contributed by atoms with E-state index in [-0.39, 0.29) is 16.3 Å². The lowest BCUT2D eigenvalue weighted by Crippen LogP contribution is -2.25. The minimum atomic E-state index is 0.0483. The number of nitrogens with zero attached hydrogens (tertiary/aromatic N) is 2. The summed E-state index contributed by atoms with van der Waals surface area (Å²) in [6.45, 7) is 2.11. The van der Waals surface area contributed by atoms with Crippen molar-refractivity contribution >= 4 is 39.4 Å². The molecule has 6 heteroatoms. The first-order chi connectivity index (χ1) is 9.15. The molecule has 1 amide bonds. The van der Waals surface area contributed by atoms with E-state index in [1.54, 1.807) is 11.1 Å². The summed E-state index contributed by atoms with van der Waals surface area (Å²) in [6.07, 6.45) is 2.14. The monoisotopic (exact) mass is 275 g/mol. The molecule has 1 saturated heterocycles. The Hall–Kier alpha value is -1.82. The minimum absolute atomic E-state index is 0.0483. The molecule has 2 heterocycles. The van der Waals surface area contributed by atoms with Gasteiger partial charge in [-0.3, -0.25) is 14.7 Å². The van der Waals surface area contributed by atoms with E-state index >= 15 is 0 Å². The van der Waals surface area contributed by atoms with Crippen molar-refractivity contribution in [2.45, 2.75) is 18.6 Å². The van der Waals surface area contributed by atoms with Crippen molar-refractivity contribution in [2.24, 2.45) is 0 Å². The average Bonchev–Trinajstić information content (AvgIpc) is 2.94. The number of hydrogen-bond acceptors (Lipinski definition) is 4. The van der Waals surface area contributed by atoms with Gasteiger partial charge in [0.1, 0.15) is 0 Å². The molecule has 0 bridgehead atoms. The largest absolute Gasteiger partial charge is 0.311 e. The number of anilines is 1. The van der Waals surface area contributed by atoms with E-state index in [9.17, 15) is 9.59 Å². The lowest BCUT2D eigenvalue weighted by Gasteiger charge is -2.17. The summed E-state index contributed by atoms with van der Waals surface area (Å²) < 4.78 is 0. The molecule has 1 aromatic heterocycles. The molecule has 5 nitrogen and oxygen atoms in total. The van der Waals surface area contributed by atoms with Gasteiger partial charge in [0.25, 0.3) is 0 Å². The van der Waals surface area contributed by atoms with Gasteiger partial charge in [-0.25, -0.2) is 0 Å². The van der Waals surface area contributed by atoms with E-state index in [0.29, 0.717) is 13.0 Å². The van der Waals surface area contributed by atoms with Gasteiger partial charge >= 0.3 is 0 Å². The van der Waals surface area contributed by atoms with Gasteiger partial charge in [-0.15, -0.1) is 0 Å². The van der Waals surface area contributed by atoms with E-state index < -0.39 is 0 Å². The van der Waals surface area contributed by atoms with Gasteiger partial charge in [-0.2, -0.15) is 5.10 Å². The van der Waals surface area contributed by atoms with Crippen molar-refractivity contribution in [2.75, 3.05) is 11.4 Å². The van der Waals surface area contributed by atoms with Crippen LogP contribution in [0.5, 0.6) is 0 Å². The highest BCUT2D eigenvalue weighted by Gasteiger charge is 2.32. The molecule has 1 aliphatic rings. The second-order valence-corrected chi connectivity index (χ2v) is 6.03. The van der Waals surface area contributed by atoms with Crippen LogP contribution in [0.15, 0.2) is 24.4 Å². The lowest BCUT2D eigenvalue weighted by molar-refractivity contribution is -0.117. The van der Waals surface area contributed by atoms with Gasteiger partial charge in [0.05, 0.1) is 17.4 Å². The summed E-state index contributed by atoms with van der Waals surface area (Å²) in [6, 6.07) is 5.74. The molecule has 1 atom stereocenters. The summed E-state index contributed by atoms with van der Waals surface area (Å²) in [5.74, 6) is 0.0625. The van der Waals surface area contributed by atoms with Gasteiger partial charge in [0.2, 0.25) is 5.91 Å². The minimum Gasteiger partial charge on any atom is -0.311 e. The van der Waals surface area contributed by atoms with Crippen molar-refractivity contribution in [3.8, 4) is 0 Å². The number of H-pyrrole nitrogens is 1. The topological polar surface area (TPSA) is 66.1 Å². The molecule has 1 aliphatic heterocycles. The number of benzene rings is 1. The number of hydrogen-bond donors (Lipinski definition) is 1. The molecule has 1 fully saturated rings. The molecule has 2 aromatic rings. The van der Waals surface area contributed by atoms with Crippen molar-refractivity contribution in [3.63, 3.8) is 0 Å². The molecule has 0 saturated carbocycles. The van der Waals surface area contributed by atoms with Gasteiger partial charge in [-0.1, -0.05) is 17.8 Å². The number of rotatable bonds is 2. The van der Waals surface area contributed by atoms with Gasteiger partial charge < -0.3 is 4.90 Å². The smallest absolute Gasteiger partial charge is 0.228 e. The van der Waals surface area contributed by atoms with Crippen LogP contribution < -0.4 is 4.90 Å². The number of thioether (sulfide) groups is 1. The van der Waals surface area contributed by atoms with E-state index in [4.69, 9.17) is 0 Å². The van der Waals surface area contributed by atoms with Crippen LogP contribution in [-0.2, 0) is 9.59 Å². The Morgan fingerprint density at radius 2 is 2.37 bits per heavy atom. The van der Waals surface area contributed by atoms with E-state index in [1.807, 2.05) is 18.2 Å². The quantitative estimate of drug-likeness (QED) is 0.909. The highest BCUT2D eigenvalue weighted by atomic mass is 32.2. The van der Waals surface area contributed by atoms with Crippen LogP contribution in [-0.4, -0.2) is 33.0 Å². The molecule has 0 aliphatic carbocycles. The Balaban J connectivity index is 1.92. The zero-order valence-corrected chi connectivity index (χ0v) is 11.2. The fraction of sp³-hybridized carbons (Fsp3) is 0.308. The third-order valence-corrected chi connectivity index (χ3v) is 4.16. The van der Waals surface area contributed by atoms with Crippen LogP contribution in [0.1, 0.15) is 13.3 Å². The summed E-state index contributed by atoms with van der Waals surface area (Å²) in [4.78, 5) is 25.0. The normalized spacial score (nSPS) is 19.3. The van der Waals surface area contributed by atoms with Crippen molar-refractivity contribution in [1.29, 1.82) is 0 Å². The maximum atomic E-state index is 12.1. The Kier molecular flexibility index (Phi) is 3.02. The van der Waals surface area contributed by atoms with Gasteiger partial charge in [0, 0.05) is 30.5 Å². The summed E-state index contributed by atoms with van der Waals surface area (Å²) in [5, 5.41) is 7.94. The van der Waals surface area contributed by atoms with Crippen molar-refractivity contribution < 1.29 is 9.59 Å². The van der Waals surface area contributed by atoms with Crippen LogP contribution >= 0.6 is 11.8 Å². The van der Waals surface area contributed by atoms with Gasteiger partial charge in [0.15, 0.2) is 5.12 Å². The van der Waals surface area contributed by atoms with Crippen LogP contribution in [0, 0.1) is 0 Å². The van der Waals surface area contributed by atoms with E-state index in [2.05, 4.69) is 10.2 Å². The SMILES string of the molecule is CC(=O)SC1CC(=O)N(c2cccc3[nH]ncc23)C1. The Morgan fingerprint density at radius 3 is 3.16 bits per heavy atom. The second kappa shape index (κ2) is 4.70. The highest BCUT2D eigenvalue weighted by Crippen LogP contribution is 2.32. The van der Waals surface area contributed by atoms with Crippen LogP contribution in [0.4, 0.5) is 5.69 Å². The third-order valence-electron chi connectivity index (χ3n) is 3.17. The molecule has 1 aromatic carbocycles. The first-order valence-corrected chi connectivity index (χ1v) is 6.93. The zero-order valence-electron chi connectivity index (χ0n) is 10.4. The molecule has 3 rings (SSSR count). The molecule has 0 radical (unpaired) electrons.